The molecular weight excluding hydrogens is 334 g/mol. The predicted molar refractivity (Wildman–Crippen MR) is 98.2 cm³/mol. The second-order valence-corrected chi connectivity index (χ2v) is 7.26. The summed E-state index contributed by atoms with van der Waals surface area (Å²) in [6.45, 7) is 1.62. The van der Waals surface area contributed by atoms with Crippen LogP contribution in [-0.4, -0.2) is 24.0 Å². The maximum atomic E-state index is 12.7. The average molecular weight is 355 g/mol. The van der Waals surface area contributed by atoms with Gasteiger partial charge in [0.15, 0.2) is 6.10 Å². The summed E-state index contributed by atoms with van der Waals surface area (Å²) >= 11 is 1.42. The Morgan fingerprint density at radius 2 is 1.64 bits per heavy atom. The van der Waals surface area contributed by atoms with Crippen LogP contribution in [0.25, 0.3) is 0 Å². The molecule has 0 heterocycles. The van der Waals surface area contributed by atoms with Crippen LogP contribution in [0, 0.1) is 0 Å². The van der Waals surface area contributed by atoms with Gasteiger partial charge in [0, 0.05) is 10.9 Å². The first kappa shape index (κ1) is 17.5. The van der Waals surface area contributed by atoms with Crippen LogP contribution < -0.4 is 5.32 Å². The van der Waals surface area contributed by atoms with Gasteiger partial charge in [-0.25, -0.2) is 0 Å². The first-order chi connectivity index (χ1) is 12.1. The van der Waals surface area contributed by atoms with Gasteiger partial charge in [0.1, 0.15) is 5.25 Å². The van der Waals surface area contributed by atoms with Gasteiger partial charge in [-0.05, 0) is 37.5 Å². The summed E-state index contributed by atoms with van der Waals surface area (Å²) in [6, 6.07) is 19.5. The Balaban J connectivity index is 1.71. The number of carbonyl (C=O) groups is 2. The summed E-state index contributed by atoms with van der Waals surface area (Å²) in [7, 11) is 0. The molecule has 1 N–H and O–H groups in total. The van der Waals surface area contributed by atoms with Gasteiger partial charge in [-0.1, -0.05) is 48.5 Å². The van der Waals surface area contributed by atoms with Gasteiger partial charge >= 0.3 is 5.97 Å². The second-order valence-electron chi connectivity index (χ2n) is 6.08. The van der Waals surface area contributed by atoms with Crippen LogP contribution in [0.4, 0.5) is 0 Å². The Bertz CT molecular complexity index is 716. The molecule has 25 heavy (non-hydrogen) atoms. The van der Waals surface area contributed by atoms with Crippen LogP contribution in [0.5, 0.6) is 0 Å². The van der Waals surface area contributed by atoms with Crippen molar-refractivity contribution >= 4 is 23.6 Å². The summed E-state index contributed by atoms with van der Waals surface area (Å²) in [6.07, 6.45) is 1.21. The number of benzene rings is 2. The number of rotatable bonds is 7. The molecule has 0 radical (unpaired) electrons. The summed E-state index contributed by atoms with van der Waals surface area (Å²) in [4.78, 5) is 25.8. The van der Waals surface area contributed by atoms with E-state index in [-0.39, 0.29) is 11.9 Å². The van der Waals surface area contributed by atoms with Crippen LogP contribution in [0.2, 0.25) is 0 Å². The summed E-state index contributed by atoms with van der Waals surface area (Å²) in [5.41, 5.74) is 0.858. The number of amides is 1. The third-order valence-electron chi connectivity index (χ3n) is 3.90. The van der Waals surface area contributed by atoms with E-state index in [1.54, 1.807) is 6.92 Å². The van der Waals surface area contributed by atoms with Crippen molar-refractivity contribution in [1.82, 2.24) is 5.32 Å². The highest BCUT2D eigenvalue weighted by molar-refractivity contribution is 8.00. The number of hydrogen-bond acceptors (Lipinski definition) is 4. The first-order valence-electron chi connectivity index (χ1n) is 8.41. The van der Waals surface area contributed by atoms with Crippen LogP contribution in [0.1, 0.15) is 30.6 Å². The number of hydrogen-bond donors (Lipinski definition) is 1. The fourth-order valence-corrected chi connectivity index (χ4v) is 3.38. The van der Waals surface area contributed by atoms with Gasteiger partial charge in [0.25, 0.3) is 5.91 Å². The Morgan fingerprint density at radius 3 is 2.24 bits per heavy atom. The minimum absolute atomic E-state index is 0.229. The normalized spacial score (nSPS) is 15.9. The Labute approximate surface area is 152 Å². The maximum absolute atomic E-state index is 12.7. The molecule has 1 fully saturated rings. The largest absolute Gasteiger partial charge is 0.451 e. The van der Waals surface area contributed by atoms with E-state index in [4.69, 9.17) is 4.74 Å². The van der Waals surface area contributed by atoms with Gasteiger partial charge in [-0.15, -0.1) is 11.8 Å². The monoisotopic (exact) mass is 355 g/mol. The number of carbonyl (C=O) groups excluding carboxylic acids is 2. The molecule has 1 saturated carbocycles. The number of ether oxygens (including phenoxy) is 1. The van der Waals surface area contributed by atoms with Crippen molar-refractivity contribution in [3.05, 3.63) is 66.2 Å². The van der Waals surface area contributed by atoms with Gasteiger partial charge in [-0.3, -0.25) is 9.59 Å². The number of thioether (sulfide) groups is 1. The number of esters is 1. The van der Waals surface area contributed by atoms with E-state index < -0.39 is 17.3 Å². The van der Waals surface area contributed by atoms with E-state index in [9.17, 15) is 9.59 Å². The minimum Gasteiger partial charge on any atom is -0.451 e. The first-order valence-corrected chi connectivity index (χ1v) is 9.29. The van der Waals surface area contributed by atoms with E-state index in [1.165, 1.54) is 11.8 Å². The zero-order valence-corrected chi connectivity index (χ0v) is 14.9. The fraction of sp³-hybridized carbons (Fsp3) is 0.300. The van der Waals surface area contributed by atoms with Crippen molar-refractivity contribution < 1.29 is 14.3 Å². The molecule has 2 aromatic rings. The van der Waals surface area contributed by atoms with E-state index in [0.717, 1.165) is 23.3 Å². The van der Waals surface area contributed by atoms with Crippen molar-refractivity contribution in [3.8, 4) is 0 Å². The highest BCUT2D eigenvalue weighted by Gasteiger charge is 2.30. The third kappa shape index (κ3) is 5.10. The molecule has 0 aliphatic heterocycles. The van der Waals surface area contributed by atoms with E-state index in [0.29, 0.717) is 0 Å². The van der Waals surface area contributed by atoms with E-state index in [1.807, 2.05) is 60.7 Å². The topological polar surface area (TPSA) is 55.4 Å². The van der Waals surface area contributed by atoms with Crippen molar-refractivity contribution in [1.29, 1.82) is 0 Å². The van der Waals surface area contributed by atoms with Gasteiger partial charge < -0.3 is 10.1 Å². The third-order valence-corrected chi connectivity index (χ3v) is 5.14. The summed E-state index contributed by atoms with van der Waals surface area (Å²) in [5, 5.41) is 2.35. The molecule has 4 nitrogen and oxygen atoms in total. The predicted octanol–water partition coefficient (Wildman–Crippen LogP) is 3.73. The van der Waals surface area contributed by atoms with E-state index >= 15 is 0 Å². The lowest BCUT2D eigenvalue weighted by atomic mass is 10.1. The molecule has 0 aromatic heterocycles. The molecule has 1 amide bonds. The molecule has 0 bridgehead atoms. The average Bonchev–Trinajstić information content (AvgIpc) is 3.45. The molecule has 130 valence electrons. The quantitative estimate of drug-likeness (QED) is 0.607. The molecule has 3 rings (SSSR count). The highest BCUT2D eigenvalue weighted by Crippen LogP contribution is 2.36. The van der Waals surface area contributed by atoms with Gasteiger partial charge in [0.05, 0.1) is 0 Å². The zero-order valence-electron chi connectivity index (χ0n) is 14.1. The standard InChI is InChI=1S/C20H21NO3S/c1-14(19(22)21-16-12-13-16)24-20(23)18(15-8-4-2-5-9-15)25-17-10-6-3-7-11-17/h2-11,14,16,18H,12-13H2,1H3,(H,21,22)/t14-,18+/m1/s1. The molecule has 2 atom stereocenters. The maximum Gasteiger partial charge on any atom is 0.324 e. The van der Waals surface area contributed by atoms with Crippen molar-refractivity contribution in [2.75, 3.05) is 0 Å². The molecule has 0 spiro atoms. The zero-order chi connectivity index (χ0) is 17.6. The molecule has 1 aliphatic carbocycles. The lowest BCUT2D eigenvalue weighted by molar-refractivity contribution is -0.154. The van der Waals surface area contributed by atoms with Crippen LogP contribution in [0.15, 0.2) is 65.6 Å². The van der Waals surface area contributed by atoms with Gasteiger partial charge in [-0.2, -0.15) is 0 Å². The lowest BCUT2D eigenvalue weighted by Crippen LogP contribution is -2.37. The van der Waals surface area contributed by atoms with Crippen LogP contribution in [0.3, 0.4) is 0 Å². The van der Waals surface area contributed by atoms with E-state index in [2.05, 4.69) is 5.32 Å². The van der Waals surface area contributed by atoms with Crippen molar-refractivity contribution in [2.24, 2.45) is 0 Å². The molecular formula is C20H21NO3S. The molecule has 5 heteroatoms. The van der Waals surface area contributed by atoms with Gasteiger partial charge in [0.2, 0.25) is 0 Å². The Hall–Kier alpha value is -2.27. The Morgan fingerprint density at radius 1 is 1.04 bits per heavy atom. The smallest absolute Gasteiger partial charge is 0.324 e. The minimum atomic E-state index is -0.796. The highest BCUT2D eigenvalue weighted by atomic mass is 32.2. The fourth-order valence-electron chi connectivity index (χ4n) is 2.35. The number of nitrogens with one attached hydrogen (secondary N) is 1. The second kappa shape index (κ2) is 8.21. The molecule has 0 unspecified atom stereocenters. The summed E-state index contributed by atoms with van der Waals surface area (Å²) < 4.78 is 5.46. The van der Waals surface area contributed by atoms with Crippen molar-refractivity contribution in [2.45, 2.75) is 42.1 Å². The van der Waals surface area contributed by atoms with Crippen LogP contribution in [-0.2, 0) is 14.3 Å². The summed E-state index contributed by atoms with van der Waals surface area (Å²) in [5.74, 6) is -0.633. The van der Waals surface area contributed by atoms with Crippen LogP contribution >= 0.6 is 11.8 Å². The Kier molecular flexibility index (Phi) is 5.76. The molecule has 1 aliphatic rings. The SMILES string of the molecule is C[C@@H](OC(=O)[C@@H](Sc1ccccc1)c1ccccc1)C(=O)NC1CC1. The molecule has 0 saturated heterocycles. The molecule has 2 aromatic carbocycles. The lowest BCUT2D eigenvalue weighted by Gasteiger charge is -2.19. The van der Waals surface area contributed by atoms with Crippen molar-refractivity contribution in [3.63, 3.8) is 0 Å².